The molecule has 1 fully saturated rings. The predicted octanol–water partition coefficient (Wildman–Crippen LogP) is 5.08. The number of carbonyl (C=O) groups is 3. The van der Waals surface area contributed by atoms with Gasteiger partial charge in [-0.2, -0.15) is 0 Å². The van der Waals surface area contributed by atoms with Gasteiger partial charge < -0.3 is 9.64 Å². The summed E-state index contributed by atoms with van der Waals surface area (Å²) in [7, 11) is 1.44. The highest BCUT2D eigenvalue weighted by atomic mass is 16.5. The first-order valence-electron chi connectivity index (χ1n) is 10.7. The van der Waals surface area contributed by atoms with Crippen molar-refractivity contribution in [2.24, 2.45) is 0 Å². The van der Waals surface area contributed by atoms with Gasteiger partial charge in [0.2, 0.25) is 17.5 Å². The number of carbonyl (C=O) groups excluding carboxylic acids is 3. The summed E-state index contributed by atoms with van der Waals surface area (Å²) in [5, 5.41) is 0. The third-order valence-corrected chi connectivity index (χ3v) is 5.37. The smallest absolute Gasteiger partial charge is 0.226 e. The normalized spacial score (nSPS) is 13.4. The molecule has 1 aliphatic heterocycles. The van der Waals surface area contributed by atoms with Crippen LogP contribution in [0.2, 0.25) is 0 Å². The Labute approximate surface area is 184 Å². The molecule has 1 amide bonds. The molecule has 31 heavy (non-hydrogen) atoms. The van der Waals surface area contributed by atoms with Gasteiger partial charge in [0.1, 0.15) is 0 Å². The summed E-state index contributed by atoms with van der Waals surface area (Å²) in [6.45, 7) is 6.39. The molecule has 1 saturated heterocycles. The average Bonchev–Trinajstić information content (AvgIpc) is 3.25. The van der Waals surface area contributed by atoms with Gasteiger partial charge in [0.15, 0.2) is 5.60 Å². The van der Waals surface area contributed by atoms with E-state index in [1.807, 2.05) is 19.1 Å². The van der Waals surface area contributed by atoms with Crippen LogP contribution in [-0.4, -0.2) is 41.6 Å². The topological polar surface area (TPSA) is 63.7 Å². The number of hydrogen-bond acceptors (Lipinski definition) is 4. The van der Waals surface area contributed by atoms with E-state index >= 15 is 0 Å². The van der Waals surface area contributed by atoms with E-state index < -0.39 is 5.60 Å². The van der Waals surface area contributed by atoms with Crippen LogP contribution < -0.4 is 0 Å². The number of methoxy groups -OCH3 is 1. The third-order valence-electron chi connectivity index (χ3n) is 5.37. The van der Waals surface area contributed by atoms with Gasteiger partial charge in [0.05, 0.1) is 0 Å². The van der Waals surface area contributed by atoms with Crippen LogP contribution in [0, 0.1) is 0 Å². The molecule has 164 valence electrons. The number of ether oxygens (including phenoxy) is 1. The fourth-order valence-electron chi connectivity index (χ4n) is 3.55. The highest BCUT2D eigenvalue weighted by Crippen LogP contribution is 2.28. The first-order valence-corrected chi connectivity index (χ1v) is 10.7. The van der Waals surface area contributed by atoms with Crippen molar-refractivity contribution in [2.75, 3.05) is 13.7 Å². The number of nitrogens with zero attached hydrogens (tertiary/aromatic N) is 1. The average molecular weight is 422 g/mol. The molecule has 0 atom stereocenters. The monoisotopic (exact) mass is 421 g/mol. The molecule has 0 bridgehead atoms. The molecule has 3 rings (SSSR count). The highest BCUT2D eigenvalue weighted by molar-refractivity contribution is 6.22. The van der Waals surface area contributed by atoms with E-state index in [-0.39, 0.29) is 17.5 Å². The molecule has 5 nitrogen and oxygen atoms in total. The molecule has 1 heterocycles. The Balaban J connectivity index is 0.000000357. The van der Waals surface area contributed by atoms with Crippen molar-refractivity contribution in [3.63, 3.8) is 0 Å². The maximum atomic E-state index is 13.1. The number of ketones is 2. The second-order valence-electron chi connectivity index (χ2n) is 7.40. The molecule has 2 aromatic carbocycles. The lowest BCUT2D eigenvalue weighted by Gasteiger charge is -2.29. The van der Waals surface area contributed by atoms with Crippen molar-refractivity contribution in [3.05, 3.63) is 84.6 Å². The number of likely N-dealkylation sites (tertiary alicyclic amines) is 1. The molecule has 5 heteroatoms. The Morgan fingerprint density at radius 1 is 1.03 bits per heavy atom. The van der Waals surface area contributed by atoms with Gasteiger partial charge in [-0.1, -0.05) is 80.6 Å². The lowest BCUT2D eigenvalue weighted by atomic mass is 9.81. The van der Waals surface area contributed by atoms with Crippen LogP contribution in [-0.2, 0) is 9.53 Å². The van der Waals surface area contributed by atoms with E-state index in [1.54, 1.807) is 59.6 Å². The molecule has 0 radical (unpaired) electrons. The van der Waals surface area contributed by atoms with E-state index in [4.69, 9.17) is 4.74 Å². The second kappa shape index (κ2) is 12.0. The zero-order valence-electron chi connectivity index (χ0n) is 18.4. The van der Waals surface area contributed by atoms with Crippen LogP contribution in [0.4, 0.5) is 0 Å². The Morgan fingerprint density at radius 2 is 1.55 bits per heavy atom. The summed E-state index contributed by atoms with van der Waals surface area (Å²) in [6.07, 6.45) is 5.29. The van der Waals surface area contributed by atoms with Gasteiger partial charge in [-0.05, 0) is 25.5 Å². The fourth-order valence-corrected chi connectivity index (χ4v) is 3.55. The summed E-state index contributed by atoms with van der Waals surface area (Å²) in [5.74, 6) is -0.342. The minimum Gasteiger partial charge on any atom is -0.362 e. The number of rotatable bonds is 9. The minimum absolute atomic E-state index is 0.208. The molecule has 0 spiro atoms. The summed E-state index contributed by atoms with van der Waals surface area (Å²) in [5.41, 5.74) is -0.469. The van der Waals surface area contributed by atoms with E-state index in [1.165, 1.54) is 7.11 Å². The first kappa shape index (κ1) is 24.2. The van der Waals surface area contributed by atoms with Crippen molar-refractivity contribution in [1.29, 1.82) is 0 Å². The Kier molecular flexibility index (Phi) is 9.35. The Morgan fingerprint density at radius 3 is 1.87 bits per heavy atom. The largest absolute Gasteiger partial charge is 0.362 e. The molecule has 0 unspecified atom stereocenters. The van der Waals surface area contributed by atoms with Gasteiger partial charge in [-0.25, -0.2) is 0 Å². The SMILES string of the molecule is C=CN1CCCC1=O.CCCCC(OC)(C(=O)c1ccccc1)C(=O)c1ccccc1. The Bertz CT molecular complexity index is 825. The standard InChI is InChI=1S/C20H22O3.C6H9NO/c1-3-4-15-20(23-2,18(21)16-11-7-5-8-12-16)19(22)17-13-9-6-10-14-17;1-2-7-5-3-4-6(7)8/h5-14H,3-4,15H2,1-2H3;2H,1,3-5H2. The molecule has 0 aromatic heterocycles. The molecule has 2 aromatic rings. The Hall–Kier alpha value is -3.05. The lowest BCUT2D eigenvalue weighted by molar-refractivity contribution is -0.125. The van der Waals surface area contributed by atoms with E-state index in [9.17, 15) is 14.4 Å². The number of hydrogen-bond donors (Lipinski definition) is 0. The van der Waals surface area contributed by atoms with Crippen LogP contribution >= 0.6 is 0 Å². The third kappa shape index (κ3) is 5.98. The maximum absolute atomic E-state index is 13.1. The van der Waals surface area contributed by atoms with Crippen molar-refractivity contribution >= 4 is 17.5 Å². The predicted molar refractivity (Wildman–Crippen MR) is 122 cm³/mol. The second-order valence-corrected chi connectivity index (χ2v) is 7.40. The number of benzene rings is 2. The van der Waals surface area contributed by atoms with E-state index in [0.29, 0.717) is 24.0 Å². The quantitative estimate of drug-likeness (QED) is 0.418. The van der Waals surface area contributed by atoms with Crippen molar-refractivity contribution in [1.82, 2.24) is 4.90 Å². The van der Waals surface area contributed by atoms with Crippen molar-refractivity contribution in [3.8, 4) is 0 Å². The molecule has 0 saturated carbocycles. The number of unbranched alkanes of at least 4 members (excludes halogenated alkanes) is 1. The van der Waals surface area contributed by atoms with Gasteiger partial charge >= 0.3 is 0 Å². The van der Waals surface area contributed by atoms with Crippen LogP contribution in [0.25, 0.3) is 0 Å². The van der Waals surface area contributed by atoms with Crippen LogP contribution in [0.1, 0.15) is 59.7 Å². The summed E-state index contributed by atoms with van der Waals surface area (Å²) in [4.78, 5) is 38.5. The van der Waals surface area contributed by atoms with Crippen LogP contribution in [0.15, 0.2) is 73.4 Å². The van der Waals surface area contributed by atoms with Gasteiger partial charge in [-0.15, -0.1) is 0 Å². The highest BCUT2D eigenvalue weighted by Gasteiger charge is 2.46. The fraction of sp³-hybridized carbons (Fsp3) is 0.346. The van der Waals surface area contributed by atoms with Gasteiger partial charge in [0, 0.05) is 31.2 Å². The zero-order valence-corrected chi connectivity index (χ0v) is 18.4. The van der Waals surface area contributed by atoms with Crippen molar-refractivity contribution < 1.29 is 19.1 Å². The summed E-state index contributed by atoms with van der Waals surface area (Å²) in [6, 6.07) is 17.7. The zero-order chi connectivity index (χ0) is 22.7. The molecule has 0 aliphatic carbocycles. The summed E-state index contributed by atoms with van der Waals surface area (Å²) >= 11 is 0. The van der Waals surface area contributed by atoms with Gasteiger partial charge in [-0.3, -0.25) is 14.4 Å². The summed E-state index contributed by atoms with van der Waals surface area (Å²) < 4.78 is 5.57. The maximum Gasteiger partial charge on any atom is 0.226 e. The molecular formula is C26H31NO4. The van der Waals surface area contributed by atoms with E-state index in [0.717, 1.165) is 25.8 Å². The van der Waals surface area contributed by atoms with E-state index in [2.05, 4.69) is 6.58 Å². The number of amides is 1. The van der Waals surface area contributed by atoms with Gasteiger partial charge in [0.25, 0.3) is 0 Å². The van der Waals surface area contributed by atoms with Crippen LogP contribution in [0.3, 0.4) is 0 Å². The molecular weight excluding hydrogens is 390 g/mol. The number of Topliss-reactive ketones (excluding diaryl/α,β-unsaturated/α-hetero) is 2. The molecule has 0 N–H and O–H groups in total. The molecule has 1 aliphatic rings. The van der Waals surface area contributed by atoms with Crippen molar-refractivity contribution in [2.45, 2.75) is 44.6 Å². The first-order chi connectivity index (χ1) is 15.0. The minimum atomic E-state index is -1.46. The lowest BCUT2D eigenvalue weighted by Crippen LogP contribution is -2.48. The van der Waals surface area contributed by atoms with Crippen LogP contribution in [0.5, 0.6) is 0 Å².